The van der Waals surface area contributed by atoms with Gasteiger partial charge in [0.05, 0.1) is 6.54 Å². The van der Waals surface area contributed by atoms with E-state index in [0.717, 1.165) is 5.56 Å². The van der Waals surface area contributed by atoms with Gasteiger partial charge in [-0.2, -0.15) is 0 Å². The Bertz CT molecular complexity index is 418. The predicted octanol–water partition coefficient (Wildman–Crippen LogP) is 0.732. The van der Waals surface area contributed by atoms with Crippen LogP contribution in [-0.4, -0.2) is 34.8 Å². The molecular weight excluding hydrogens is 230 g/mol. The quantitative estimate of drug-likeness (QED) is 0.754. The first kappa shape index (κ1) is 13.9. The van der Waals surface area contributed by atoms with Crippen molar-refractivity contribution in [3.05, 3.63) is 42.7 Å². The first-order valence-electron chi connectivity index (χ1n) is 5.65. The van der Waals surface area contributed by atoms with Crippen LogP contribution in [0.1, 0.15) is 12.5 Å². The highest BCUT2D eigenvalue weighted by Gasteiger charge is 2.13. The van der Waals surface area contributed by atoms with Gasteiger partial charge in [0.1, 0.15) is 0 Å². The number of amides is 2. The monoisotopic (exact) mass is 247 g/mol. The second kappa shape index (κ2) is 7.21. The van der Waals surface area contributed by atoms with Crippen molar-refractivity contribution in [3.8, 4) is 0 Å². The van der Waals surface area contributed by atoms with Crippen LogP contribution in [0.25, 0.3) is 0 Å². The Morgan fingerprint density at radius 1 is 1.44 bits per heavy atom. The third-order valence-electron chi connectivity index (χ3n) is 2.35. The summed E-state index contributed by atoms with van der Waals surface area (Å²) in [6.45, 7) is 5.81. The van der Waals surface area contributed by atoms with Crippen LogP contribution in [0.5, 0.6) is 0 Å². The molecule has 1 heterocycles. The zero-order valence-electron chi connectivity index (χ0n) is 10.4. The molecule has 0 aliphatic carbocycles. The zero-order valence-corrected chi connectivity index (χ0v) is 10.4. The maximum absolute atomic E-state index is 11.5. The van der Waals surface area contributed by atoms with Crippen molar-refractivity contribution in [2.45, 2.75) is 13.5 Å². The van der Waals surface area contributed by atoms with Gasteiger partial charge in [-0.15, -0.1) is 6.58 Å². The Hall–Kier alpha value is -2.17. The number of nitrogens with one attached hydrogen (secondary N) is 1. The Balaban J connectivity index is 2.58. The van der Waals surface area contributed by atoms with Gasteiger partial charge in [0, 0.05) is 32.4 Å². The Kier molecular flexibility index (Phi) is 5.57. The van der Waals surface area contributed by atoms with E-state index in [1.807, 2.05) is 12.1 Å². The van der Waals surface area contributed by atoms with E-state index < -0.39 is 0 Å². The molecule has 2 amide bonds. The van der Waals surface area contributed by atoms with Gasteiger partial charge >= 0.3 is 0 Å². The summed E-state index contributed by atoms with van der Waals surface area (Å²) in [5, 5.41) is 2.64. The van der Waals surface area contributed by atoms with Crippen molar-refractivity contribution >= 4 is 11.8 Å². The minimum atomic E-state index is -0.195. The largest absolute Gasteiger partial charge is 0.351 e. The van der Waals surface area contributed by atoms with Crippen LogP contribution in [0.15, 0.2) is 37.2 Å². The lowest BCUT2D eigenvalue weighted by atomic mass is 10.2. The highest BCUT2D eigenvalue weighted by molar-refractivity contribution is 5.83. The molecule has 0 fully saturated rings. The minimum absolute atomic E-state index is 0.0471. The Morgan fingerprint density at radius 2 is 2.11 bits per heavy atom. The molecule has 1 aromatic heterocycles. The molecule has 1 N–H and O–H groups in total. The Morgan fingerprint density at radius 3 is 2.67 bits per heavy atom. The van der Waals surface area contributed by atoms with Crippen molar-refractivity contribution in [2.75, 3.05) is 13.1 Å². The normalized spacial score (nSPS) is 9.61. The molecule has 5 heteroatoms. The molecule has 0 bridgehead atoms. The van der Waals surface area contributed by atoms with Gasteiger partial charge < -0.3 is 10.2 Å². The summed E-state index contributed by atoms with van der Waals surface area (Å²) in [5.41, 5.74) is 0.941. The van der Waals surface area contributed by atoms with Crippen molar-refractivity contribution in [1.29, 1.82) is 0 Å². The van der Waals surface area contributed by atoms with E-state index >= 15 is 0 Å². The van der Waals surface area contributed by atoms with Gasteiger partial charge in [-0.05, 0) is 17.7 Å². The van der Waals surface area contributed by atoms with Crippen LogP contribution in [-0.2, 0) is 16.1 Å². The van der Waals surface area contributed by atoms with Crippen LogP contribution >= 0.6 is 0 Å². The summed E-state index contributed by atoms with van der Waals surface area (Å²) in [6.07, 6.45) is 4.91. The van der Waals surface area contributed by atoms with Crippen molar-refractivity contribution in [3.63, 3.8) is 0 Å². The molecule has 96 valence electrons. The van der Waals surface area contributed by atoms with E-state index in [0.29, 0.717) is 13.1 Å². The summed E-state index contributed by atoms with van der Waals surface area (Å²) >= 11 is 0. The number of nitrogens with zero attached hydrogens (tertiary/aromatic N) is 2. The number of pyridine rings is 1. The first-order valence-corrected chi connectivity index (χ1v) is 5.65. The van der Waals surface area contributed by atoms with E-state index in [1.165, 1.54) is 11.8 Å². The van der Waals surface area contributed by atoms with Crippen LogP contribution in [0.2, 0.25) is 0 Å². The summed E-state index contributed by atoms with van der Waals surface area (Å²) in [4.78, 5) is 28.4. The highest BCUT2D eigenvalue weighted by atomic mass is 16.2. The maximum Gasteiger partial charge on any atom is 0.239 e. The van der Waals surface area contributed by atoms with Crippen LogP contribution in [0.4, 0.5) is 0 Å². The molecule has 0 spiro atoms. The van der Waals surface area contributed by atoms with Gasteiger partial charge in [-0.3, -0.25) is 14.6 Å². The van der Waals surface area contributed by atoms with Gasteiger partial charge in [0.2, 0.25) is 11.8 Å². The summed E-state index contributed by atoms with van der Waals surface area (Å²) in [7, 11) is 0. The summed E-state index contributed by atoms with van der Waals surface area (Å²) in [5.74, 6) is -0.334. The van der Waals surface area contributed by atoms with Gasteiger partial charge in [-0.1, -0.05) is 6.08 Å². The molecule has 18 heavy (non-hydrogen) atoms. The highest BCUT2D eigenvalue weighted by Crippen LogP contribution is 2.03. The van der Waals surface area contributed by atoms with Crippen LogP contribution < -0.4 is 5.32 Å². The molecule has 1 rings (SSSR count). The van der Waals surface area contributed by atoms with Gasteiger partial charge in [0.25, 0.3) is 0 Å². The number of rotatable bonds is 6. The van der Waals surface area contributed by atoms with E-state index in [4.69, 9.17) is 0 Å². The van der Waals surface area contributed by atoms with E-state index in [2.05, 4.69) is 16.9 Å². The zero-order chi connectivity index (χ0) is 13.4. The van der Waals surface area contributed by atoms with E-state index in [9.17, 15) is 9.59 Å². The molecule has 5 nitrogen and oxygen atoms in total. The molecule has 0 atom stereocenters. The molecule has 0 saturated heterocycles. The molecule has 0 aromatic carbocycles. The molecule has 0 aliphatic rings. The smallest absolute Gasteiger partial charge is 0.239 e. The first-order chi connectivity index (χ1) is 8.63. The predicted molar refractivity (Wildman–Crippen MR) is 68.5 cm³/mol. The van der Waals surface area contributed by atoms with Gasteiger partial charge in [-0.25, -0.2) is 0 Å². The molecule has 0 aliphatic heterocycles. The lowest BCUT2D eigenvalue weighted by Crippen LogP contribution is -2.39. The second-order valence-electron chi connectivity index (χ2n) is 3.82. The minimum Gasteiger partial charge on any atom is -0.351 e. The lowest BCUT2D eigenvalue weighted by molar-refractivity contribution is -0.134. The van der Waals surface area contributed by atoms with Crippen molar-refractivity contribution < 1.29 is 9.59 Å². The number of hydrogen-bond donors (Lipinski definition) is 1. The molecular formula is C13H17N3O2. The number of carbonyl (C=O) groups excluding carboxylic acids is 2. The summed E-state index contributed by atoms with van der Waals surface area (Å²) in [6, 6.07) is 3.63. The maximum atomic E-state index is 11.5. The number of hydrogen-bond acceptors (Lipinski definition) is 3. The van der Waals surface area contributed by atoms with Gasteiger partial charge in [0.15, 0.2) is 0 Å². The van der Waals surface area contributed by atoms with Crippen molar-refractivity contribution in [1.82, 2.24) is 15.2 Å². The SMILES string of the molecule is C=CCNC(=O)CN(Cc1ccncc1)C(C)=O. The van der Waals surface area contributed by atoms with Crippen LogP contribution in [0.3, 0.4) is 0 Å². The third kappa shape index (κ3) is 4.78. The fraction of sp³-hybridized carbons (Fsp3) is 0.308. The average Bonchev–Trinajstić information content (AvgIpc) is 2.36. The average molecular weight is 247 g/mol. The Labute approximate surface area is 107 Å². The van der Waals surface area contributed by atoms with E-state index in [1.54, 1.807) is 18.5 Å². The third-order valence-corrected chi connectivity index (χ3v) is 2.35. The molecule has 0 radical (unpaired) electrons. The number of aromatic nitrogens is 1. The van der Waals surface area contributed by atoms with Crippen molar-refractivity contribution in [2.24, 2.45) is 0 Å². The molecule has 1 aromatic rings. The fourth-order valence-corrected chi connectivity index (χ4v) is 1.40. The van der Waals surface area contributed by atoms with E-state index in [-0.39, 0.29) is 18.4 Å². The molecule has 0 unspecified atom stereocenters. The molecule has 0 saturated carbocycles. The standard InChI is InChI=1S/C13H17N3O2/c1-3-6-15-13(18)10-16(11(2)17)9-12-4-7-14-8-5-12/h3-5,7-8H,1,6,9-10H2,2H3,(H,15,18). The van der Waals surface area contributed by atoms with Crippen LogP contribution in [0, 0.1) is 0 Å². The number of carbonyl (C=O) groups is 2. The summed E-state index contributed by atoms with van der Waals surface area (Å²) < 4.78 is 0. The fourth-order valence-electron chi connectivity index (χ4n) is 1.40. The second-order valence-corrected chi connectivity index (χ2v) is 3.82. The topological polar surface area (TPSA) is 62.3 Å². The lowest BCUT2D eigenvalue weighted by Gasteiger charge is -2.20.